The minimum absolute atomic E-state index is 0.137. The molecule has 32 heavy (non-hydrogen) atoms. The van der Waals surface area contributed by atoms with E-state index in [2.05, 4.69) is 19.1 Å². The minimum atomic E-state index is -3.78. The van der Waals surface area contributed by atoms with Gasteiger partial charge in [0, 0.05) is 24.8 Å². The van der Waals surface area contributed by atoms with Gasteiger partial charge in [0.2, 0.25) is 0 Å². The van der Waals surface area contributed by atoms with Crippen LogP contribution in [0.15, 0.2) is 41.3 Å². The van der Waals surface area contributed by atoms with Gasteiger partial charge in [-0.05, 0) is 80.3 Å². The van der Waals surface area contributed by atoms with Gasteiger partial charge < -0.3 is 14.6 Å². The van der Waals surface area contributed by atoms with Crippen LogP contribution in [0, 0.1) is 5.92 Å². The fourth-order valence-corrected chi connectivity index (χ4v) is 6.31. The number of hydrogen-bond acceptors (Lipinski definition) is 5. The molecule has 2 aromatic carbocycles. The van der Waals surface area contributed by atoms with Crippen molar-refractivity contribution in [2.75, 3.05) is 24.1 Å². The zero-order chi connectivity index (χ0) is 22.7. The number of fused-ring (bicyclic) bond motifs is 1. The maximum Gasteiger partial charge on any atom is 0.264 e. The summed E-state index contributed by atoms with van der Waals surface area (Å²) >= 11 is 0. The molecule has 0 unspecified atom stereocenters. The first kappa shape index (κ1) is 23.1. The third-order valence-electron chi connectivity index (χ3n) is 6.60. The smallest absolute Gasteiger partial charge is 0.264 e. The Morgan fingerprint density at radius 1 is 1.12 bits per heavy atom. The van der Waals surface area contributed by atoms with Crippen LogP contribution in [0.1, 0.15) is 49.8 Å². The van der Waals surface area contributed by atoms with Crippen molar-refractivity contribution in [3.05, 3.63) is 53.1 Å². The molecule has 2 aliphatic rings. The first-order valence-electron chi connectivity index (χ1n) is 11.5. The maximum atomic E-state index is 13.7. The number of anilines is 1. The van der Waals surface area contributed by atoms with Gasteiger partial charge in [0.1, 0.15) is 5.75 Å². The Bertz CT molecular complexity index is 1050. The fraction of sp³-hybridized carbons (Fsp3) is 0.520. The van der Waals surface area contributed by atoms with E-state index in [1.54, 1.807) is 22.5 Å². The number of hydrogen-bond donors (Lipinski definition) is 1. The van der Waals surface area contributed by atoms with Gasteiger partial charge in [-0.15, -0.1) is 0 Å². The van der Waals surface area contributed by atoms with Gasteiger partial charge in [0.25, 0.3) is 10.0 Å². The van der Waals surface area contributed by atoms with E-state index >= 15 is 0 Å². The predicted octanol–water partition coefficient (Wildman–Crippen LogP) is 4.08. The molecule has 1 N–H and O–H groups in total. The lowest BCUT2D eigenvalue weighted by Gasteiger charge is -2.36. The largest absolute Gasteiger partial charge is 0.493 e. The molecule has 4 rings (SSSR count). The van der Waals surface area contributed by atoms with E-state index in [9.17, 15) is 13.5 Å². The second-order valence-corrected chi connectivity index (χ2v) is 10.6. The molecular formula is C25H33NO5S. The van der Waals surface area contributed by atoms with Gasteiger partial charge in [-0.1, -0.05) is 19.1 Å². The second kappa shape index (κ2) is 9.81. The molecule has 0 aliphatic carbocycles. The molecule has 0 aromatic heterocycles. The summed E-state index contributed by atoms with van der Waals surface area (Å²) < 4.78 is 40.4. The molecule has 1 saturated heterocycles. The van der Waals surface area contributed by atoms with Crippen molar-refractivity contribution in [2.24, 2.45) is 5.92 Å². The van der Waals surface area contributed by atoms with Gasteiger partial charge in [-0.25, -0.2) is 8.42 Å². The van der Waals surface area contributed by atoms with Gasteiger partial charge in [-0.2, -0.15) is 0 Å². The highest BCUT2D eigenvalue weighted by molar-refractivity contribution is 7.92. The zero-order valence-corrected chi connectivity index (χ0v) is 19.7. The van der Waals surface area contributed by atoms with E-state index in [1.807, 2.05) is 13.0 Å². The lowest BCUT2D eigenvalue weighted by Crippen LogP contribution is -2.42. The van der Waals surface area contributed by atoms with Crippen molar-refractivity contribution in [3.63, 3.8) is 0 Å². The molecule has 2 heterocycles. The normalized spacial score (nSPS) is 19.6. The Morgan fingerprint density at radius 3 is 2.62 bits per heavy atom. The van der Waals surface area contributed by atoms with Crippen LogP contribution >= 0.6 is 0 Å². The molecule has 0 amide bonds. The van der Waals surface area contributed by atoms with Gasteiger partial charge in [0.05, 0.1) is 23.8 Å². The molecule has 2 aromatic rings. The molecule has 174 valence electrons. The van der Waals surface area contributed by atoms with Crippen molar-refractivity contribution in [3.8, 4) is 5.75 Å². The third kappa shape index (κ3) is 4.65. The van der Waals surface area contributed by atoms with Crippen LogP contribution in [-0.2, 0) is 34.2 Å². The van der Waals surface area contributed by atoms with Crippen molar-refractivity contribution in [1.29, 1.82) is 0 Å². The summed E-state index contributed by atoms with van der Waals surface area (Å²) in [6.07, 6.45) is 4.40. The molecule has 0 radical (unpaired) electrons. The van der Waals surface area contributed by atoms with Crippen molar-refractivity contribution < 1.29 is 23.0 Å². The first-order chi connectivity index (χ1) is 15.4. The standard InChI is InChI=1S/C25H33NO5S/c1-3-19-5-7-21-6-4-18(2)26(24(21)14-19)32(28,29)23-8-9-25(22(15-23)16-27)31-17-20-10-12-30-13-11-20/h5,7-9,14-15,18,20,27H,3-4,6,10-13,16-17H2,1-2H3/t18-/m0/s1. The Kier molecular flexibility index (Phi) is 7.08. The number of benzene rings is 2. The number of sulfonamides is 1. The first-order valence-corrected chi connectivity index (χ1v) is 13.0. The van der Waals surface area contributed by atoms with Crippen LogP contribution in [-0.4, -0.2) is 39.4 Å². The van der Waals surface area contributed by atoms with Crippen molar-refractivity contribution in [1.82, 2.24) is 0 Å². The summed E-state index contributed by atoms with van der Waals surface area (Å²) in [4.78, 5) is 0.182. The molecular weight excluding hydrogens is 426 g/mol. The van der Waals surface area contributed by atoms with E-state index in [1.165, 1.54) is 0 Å². The molecule has 1 fully saturated rings. The van der Waals surface area contributed by atoms with Crippen LogP contribution in [0.25, 0.3) is 0 Å². The van der Waals surface area contributed by atoms with E-state index in [-0.39, 0.29) is 17.5 Å². The summed E-state index contributed by atoms with van der Waals surface area (Å²) in [7, 11) is -3.78. The number of ether oxygens (including phenoxy) is 2. The summed E-state index contributed by atoms with van der Waals surface area (Å²) in [5.74, 6) is 0.954. The predicted molar refractivity (Wildman–Crippen MR) is 125 cm³/mol. The Hall–Kier alpha value is -2.09. The second-order valence-electron chi connectivity index (χ2n) is 8.80. The average molecular weight is 460 g/mol. The summed E-state index contributed by atoms with van der Waals surface area (Å²) in [6.45, 7) is 5.77. The molecule has 0 spiro atoms. The molecule has 7 heteroatoms. The summed E-state index contributed by atoms with van der Waals surface area (Å²) in [5, 5.41) is 9.93. The number of rotatable bonds is 7. The SMILES string of the molecule is CCc1ccc2c(c1)N(S(=O)(=O)c1ccc(OCC3CCOCC3)c(CO)c1)[C@@H](C)CC2. The zero-order valence-electron chi connectivity index (χ0n) is 18.9. The summed E-state index contributed by atoms with van der Waals surface area (Å²) in [5.41, 5.74) is 3.44. The van der Waals surface area contributed by atoms with Gasteiger partial charge in [0.15, 0.2) is 0 Å². The fourth-order valence-electron chi connectivity index (χ4n) is 4.55. The monoisotopic (exact) mass is 459 g/mol. The lowest BCUT2D eigenvalue weighted by atomic mass is 9.97. The number of nitrogens with zero attached hydrogens (tertiary/aromatic N) is 1. The molecule has 1 atom stereocenters. The Morgan fingerprint density at radius 2 is 1.91 bits per heavy atom. The Balaban J connectivity index is 1.62. The highest BCUT2D eigenvalue weighted by Gasteiger charge is 2.34. The van der Waals surface area contributed by atoms with Crippen LogP contribution < -0.4 is 9.04 Å². The number of aryl methyl sites for hydroxylation is 2. The van der Waals surface area contributed by atoms with Crippen LogP contribution in [0.3, 0.4) is 0 Å². The van der Waals surface area contributed by atoms with Crippen molar-refractivity contribution >= 4 is 15.7 Å². The third-order valence-corrected chi connectivity index (χ3v) is 8.53. The van der Waals surface area contributed by atoms with Crippen LogP contribution in [0.2, 0.25) is 0 Å². The molecule has 2 aliphatic heterocycles. The molecule has 6 nitrogen and oxygen atoms in total. The number of aliphatic hydroxyl groups excluding tert-OH is 1. The van der Waals surface area contributed by atoms with E-state index < -0.39 is 10.0 Å². The highest BCUT2D eigenvalue weighted by Crippen LogP contribution is 2.37. The number of aliphatic hydroxyl groups is 1. The topological polar surface area (TPSA) is 76.1 Å². The average Bonchev–Trinajstić information content (AvgIpc) is 2.82. The molecule has 0 saturated carbocycles. The highest BCUT2D eigenvalue weighted by atomic mass is 32.2. The van der Waals surface area contributed by atoms with Gasteiger partial charge in [-0.3, -0.25) is 4.31 Å². The minimum Gasteiger partial charge on any atom is -0.493 e. The van der Waals surface area contributed by atoms with Crippen molar-refractivity contribution in [2.45, 2.75) is 63.5 Å². The Labute approximate surface area is 191 Å². The van der Waals surface area contributed by atoms with E-state index in [0.717, 1.165) is 62.1 Å². The van der Waals surface area contributed by atoms with Crippen LogP contribution in [0.5, 0.6) is 5.75 Å². The lowest BCUT2D eigenvalue weighted by molar-refractivity contribution is 0.0494. The molecule has 0 bridgehead atoms. The van der Waals surface area contributed by atoms with Crippen LogP contribution in [0.4, 0.5) is 5.69 Å². The maximum absolute atomic E-state index is 13.7. The summed E-state index contributed by atoms with van der Waals surface area (Å²) in [6, 6.07) is 10.8. The van der Waals surface area contributed by atoms with E-state index in [4.69, 9.17) is 9.47 Å². The van der Waals surface area contributed by atoms with E-state index in [0.29, 0.717) is 23.8 Å². The van der Waals surface area contributed by atoms with Gasteiger partial charge >= 0.3 is 0 Å². The quantitative estimate of drug-likeness (QED) is 0.675.